The molecule has 0 bridgehead atoms. The van der Waals surface area contributed by atoms with Gasteiger partial charge >= 0.3 is 5.97 Å². The zero-order valence-electron chi connectivity index (χ0n) is 11.3. The van der Waals surface area contributed by atoms with Crippen molar-refractivity contribution in [3.63, 3.8) is 0 Å². The Labute approximate surface area is 124 Å². The number of furan rings is 2. The van der Waals surface area contributed by atoms with Crippen molar-refractivity contribution in [3.8, 4) is 11.1 Å². The third kappa shape index (κ3) is 2.63. The van der Waals surface area contributed by atoms with Gasteiger partial charge in [-0.15, -0.1) is 0 Å². The first-order valence-electron chi connectivity index (χ1n) is 6.55. The third-order valence-electron chi connectivity index (χ3n) is 3.29. The van der Waals surface area contributed by atoms with Crippen LogP contribution in [0.15, 0.2) is 45.6 Å². The van der Waals surface area contributed by atoms with Gasteiger partial charge in [0.2, 0.25) is 0 Å². The molecule has 0 saturated carbocycles. The molecule has 6 heteroatoms. The van der Waals surface area contributed by atoms with Gasteiger partial charge < -0.3 is 13.9 Å². The van der Waals surface area contributed by atoms with Gasteiger partial charge in [-0.25, -0.2) is 4.39 Å². The van der Waals surface area contributed by atoms with Gasteiger partial charge in [0.05, 0.1) is 18.9 Å². The van der Waals surface area contributed by atoms with Gasteiger partial charge in [-0.2, -0.15) is 0 Å². The Morgan fingerprint density at radius 1 is 1.09 bits per heavy atom. The number of benzene rings is 1. The Hall–Kier alpha value is -2.89. The lowest BCUT2D eigenvalue weighted by molar-refractivity contribution is -0.136. The van der Waals surface area contributed by atoms with Crippen LogP contribution in [-0.2, 0) is 4.79 Å². The van der Waals surface area contributed by atoms with E-state index in [9.17, 15) is 14.0 Å². The zero-order valence-corrected chi connectivity index (χ0v) is 11.3. The Kier molecular flexibility index (Phi) is 3.50. The summed E-state index contributed by atoms with van der Waals surface area (Å²) in [5, 5.41) is 9.28. The van der Waals surface area contributed by atoms with Crippen LogP contribution in [0.5, 0.6) is 0 Å². The number of rotatable bonds is 5. The van der Waals surface area contributed by atoms with Gasteiger partial charge in [-0.1, -0.05) is 0 Å². The van der Waals surface area contributed by atoms with E-state index in [1.165, 1.54) is 30.7 Å². The summed E-state index contributed by atoms with van der Waals surface area (Å²) in [6, 6.07) is 5.71. The summed E-state index contributed by atoms with van der Waals surface area (Å²) >= 11 is 0. The number of carboxylic acid groups (broad SMARTS) is 1. The van der Waals surface area contributed by atoms with Crippen molar-refractivity contribution in [2.75, 3.05) is 0 Å². The van der Waals surface area contributed by atoms with Gasteiger partial charge in [0.25, 0.3) is 0 Å². The van der Waals surface area contributed by atoms with E-state index in [2.05, 4.69) is 0 Å². The van der Waals surface area contributed by atoms with Crippen LogP contribution in [0.2, 0.25) is 0 Å². The second kappa shape index (κ2) is 5.48. The first kappa shape index (κ1) is 14.1. The highest BCUT2D eigenvalue weighted by Gasteiger charge is 2.16. The van der Waals surface area contributed by atoms with E-state index in [1.54, 1.807) is 6.07 Å². The van der Waals surface area contributed by atoms with Crippen LogP contribution in [0, 0.1) is 5.82 Å². The quantitative estimate of drug-likeness (QED) is 0.723. The Balaban J connectivity index is 1.89. The van der Waals surface area contributed by atoms with E-state index in [4.69, 9.17) is 13.9 Å². The Morgan fingerprint density at radius 3 is 2.68 bits per heavy atom. The second-order valence-corrected chi connectivity index (χ2v) is 4.81. The molecule has 0 aliphatic carbocycles. The SMILES string of the molecule is O=C(O)CCC(=O)c1cc(-c2coc3cc(F)ccc23)co1. The summed E-state index contributed by atoms with van der Waals surface area (Å²) in [6.45, 7) is 0. The topological polar surface area (TPSA) is 80.6 Å². The summed E-state index contributed by atoms with van der Waals surface area (Å²) in [5.41, 5.74) is 1.69. The Bertz CT molecular complexity index is 858. The number of ketones is 1. The van der Waals surface area contributed by atoms with Gasteiger partial charge in [-0.05, 0) is 18.2 Å². The number of hydrogen-bond donors (Lipinski definition) is 1. The smallest absolute Gasteiger partial charge is 0.303 e. The minimum Gasteiger partial charge on any atom is -0.481 e. The molecular formula is C16H11FO5. The normalized spacial score (nSPS) is 11.0. The van der Waals surface area contributed by atoms with E-state index >= 15 is 0 Å². The van der Waals surface area contributed by atoms with Crippen LogP contribution in [0.3, 0.4) is 0 Å². The second-order valence-electron chi connectivity index (χ2n) is 4.81. The van der Waals surface area contributed by atoms with Crippen LogP contribution in [0.25, 0.3) is 22.1 Å². The average Bonchev–Trinajstić information content (AvgIpc) is 3.10. The molecule has 0 aliphatic heterocycles. The molecule has 3 rings (SSSR count). The minimum atomic E-state index is -1.04. The summed E-state index contributed by atoms with van der Waals surface area (Å²) in [5.74, 6) is -1.73. The van der Waals surface area contributed by atoms with Crippen molar-refractivity contribution in [2.45, 2.75) is 12.8 Å². The first-order valence-corrected chi connectivity index (χ1v) is 6.55. The molecule has 0 fully saturated rings. The van der Waals surface area contributed by atoms with Gasteiger partial charge in [0.15, 0.2) is 11.5 Å². The molecule has 1 N–H and O–H groups in total. The van der Waals surface area contributed by atoms with Gasteiger partial charge in [0, 0.05) is 29.0 Å². The van der Waals surface area contributed by atoms with E-state index in [0.717, 1.165) is 0 Å². The molecule has 22 heavy (non-hydrogen) atoms. The predicted molar refractivity (Wildman–Crippen MR) is 75.1 cm³/mol. The molecule has 0 amide bonds. The molecular weight excluding hydrogens is 291 g/mol. The summed E-state index contributed by atoms with van der Waals surface area (Å²) in [4.78, 5) is 22.3. The van der Waals surface area contributed by atoms with Crippen LogP contribution >= 0.6 is 0 Å². The van der Waals surface area contributed by atoms with Crippen LogP contribution < -0.4 is 0 Å². The average molecular weight is 302 g/mol. The molecule has 0 atom stereocenters. The molecule has 0 spiro atoms. The number of halogens is 1. The van der Waals surface area contributed by atoms with Gasteiger partial charge in [0.1, 0.15) is 11.4 Å². The lowest BCUT2D eigenvalue weighted by Crippen LogP contribution is -2.02. The van der Waals surface area contributed by atoms with Crippen molar-refractivity contribution in [3.05, 3.63) is 48.4 Å². The lowest BCUT2D eigenvalue weighted by atomic mass is 10.1. The van der Waals surface area contributed by atoms with Gasteiger partial charge in [-0.3, -0.25) is 9.59 Å². The summed E-state index contributed by atoms with van der Waals surface area (Å²) in [7, 11) is 0. The summed E-state index contributed by atoms with van der Waals surface area (Å²) < 4.78 is 23.6. The zero-order chi connectivity index (χ0) is 15.7. The molecule has 0 radical (unpaired) electrons. The molecule has 112 valence electrons. The number of carbonyl (C=O) groups excluding carboxylic acids is 1. The van der Waals surface area contributed by atoms with Crippen molar-refractivity contribution in [1.82, 2.24) is 0 Å². The molecule has 0 aliphatic rings. The number of carboxylic acids is 1. The molecule has 0 saturated heterocycles. The number of Topliss-reactive ketones (excluding diaryl/α,β-unsaturated/α-hetero) is 1. The lowest BCUT2D eigenvalue weighted by Gasteiger charge is -1.93. The molecule has 3 aromatic rings. The first-order chi connectivity index (χ1) is 10.5. The maximum atomic E-state index is 13.1. The Morgan fingerprint density at radius 2 is 1.91 bits per heavy atom. The van der Waals surface area contributed by atoms with E-state index < -0.39 is 11.8 Å². The van der Waals surface area contributed by atoms with E-state index in [-0.39, 0.29) is 24.4 Å². The van der Waals surface area contributed by atoms with Crippen molar-refractivity contribution >= 4 is 22.7 Å². The molecule has 1 aromatic carbocycles. The minimum absolute atomic E-state index is 0.0905. The van der Waals surface area contributed by atoms with Crippen molar-refractivity contribution < 1.29 is 27.9 Å². The third-order valence-corrected chi connectivity index (χ3v) is 3.29. The van der Waals surface area contributed by atoms with Crippen molar-refractivity contribution in [1.29, 1.82) is 0 Å². The highest BCUT2D eigenvalue weighted by molar-refractivity contribution is 5.98. The fourth-order valence-electron chi connectivity index (χ4n) is 2.19. The van der Waals surface area contributed by atoms with E-state index in [1.807, 2.05) is 0 Å². The maximum Gasteiger partial charge on any atom is 0.303 e. The highest BCUT2D eigenvalue weighted by atomic mass is 19.1. The molecule has 2 aromatic heterocycles. The van der Waals surface area contributed by atoms with E-state index in [0.29, 0.717) is 22.1 Å². The molecule has 2 heterocycles. The summed E-state index contributed by atoms with van der Waals surface area (Å²) in [6.07, 6.45) is 2.48. The predicted octanol–water partition coefficient (Wildman–Crippen LogP) is 3.88. The number of aliphatic carboxylic acids is 1. The maximum absolute atomic E-state index is 13.1. The molecule has 5 nitrogen and oxygen atoms in total. The molecule has 0 unspecified atom stereocenters. The number of hydrogen-bond acceptors (Lipinski definition) is 4. The van der Waals surface area contributed by atoms with Crippen LogP contribution in [0.4, 0.5) is 4.39 Å². The van der Waals surface area contributed by atoms with Crippen LogP contribution in [-0.4, -0.2) is 16.9 Å². The van der Waals surface area contributed by atoms with Crippen LogP contribution in [0.1, 0.15) is 23.4 Å². The monoisotopic (exact) mass is 302 g/mol. The fourth-order valence-corrected chi connectivity index (χ4v) is 2.19. The van der Waals surface area contributed by atoms with Crippen molar-refractivity contribution in [2.24, 2.45) is 0 Å². The largest absolute Gasteiger partial charge is 0.481 e. The standard InChI is InChI=1S/C16H11FO5/c17-10-1-2-11-12(8-22-14(11)6-10)9-5-15(21-7-9)13(18)3-4-16(19)20/h1-2,5-8H,3-4H2,(H,19,20). The fraction of sp³-hybridized carbons (Fsp3) is 0.125. The number of carbonyl (C=O) groups is 2. The highest BCUT2D eigenvalue weighted by Crippen LogP contribution is 2.32. The number of fused-ring (bicyclic) bond motifs is 1.